The highest BCUT2D eigenvalue weighted by molar-refractivity contribution is 6.13. The van der Waals surface area contributed by atoms with Gasteiger partial charge in [-0.2, -0.15) is 13.2 Å². The van der Waals surface area contributed by atoms with E-state index >= 15 is 0 Å². The number of halogens is 5. The average Bonchev–Trinajstić information content (AvgIpc) is 2.94. The number of amides is 2. The molecule has 3 atom stereocenters. The van der Waals surface area contributed by atoms with Gasteiger partial charge in [-0.05, 0) is 48.6 Å². The lowest BCUT2D eigenvalue weighted by molar-refractivity contribution is -0.137. The highest BCUT2D eigenvalue weighted by atomic mass is 19.4. The van der Waals surface area contributed by atoms with Crippen molar-refractivity contribution in [3.8, 4) is 0 Å². The highest BCUT2D eigenvalue weighted by Crippen LogP contribution is 2.38. The van der Waals surface area contributed by atoms with Crippen LogP contribution >= 0.6 is 0 Å². The van der Waals surface area contributed by atoms with Crippen LogP contribution in [0.3, 0.4) is 0 Å². The predicted molar refractivity (Wildman–Crippen MR) is 153 cm³/mol. The minimum absolute atomic E-state index is 0.0490. The third-order valence-electron chi connectivity index (χ3n) is 7.42. The van der Waals surface area contributed by atoms with E-state index in [1.807, 2.05) is 13.8 Å². The van der Waals surface area contributed by atoms with E-state index < -0.39 is 46.7 Å². The maximum atomic E-state index is 14.1. The molecule has 234 valence electrons. The molecule has 7 nitrogen and oxygen atoms in total. The molecule has 2 aromatic carbocycles. The maximum Gasteiger partial charge on any atom is 0.416 e. The second kappa shape index (κ2) is 14.7. The van der Waals surface area contributed by atoms with Gasteiger partial charge in [0.2, 0.25) is 5.91 Å². The van der Waals surface area contributed by atoms with Crippen LogP contribution < -0.4 is 11.1 Å². The number of hydrogen-bond acceptors (Lipinski definition) is 5. The molecular weight excluding hydrogens is 571 g/mol. The molecule has 1 heterocycles. The van der Waals surface area contributed by atoms with Gasteiger partial charge in [-0.3, -0.25) is 14.6 Å². The van der Waals surface area contributed by atoms with Crippen LogP contribution in [-0.4, -0.2) is 60.3 Å². The molecule has 0 aliphatic carbocycles. The first-order valence-corrected chi connectivity index (χ1v) is 14.1. The molecule has 3 rings (SSSR count). The van der Waals surface area contributed by atoms with Crippen LogP contribution in [0.4, 0.5) is 22.0 Å². The summed E-state index contributed by atoms with van der Waals surface area (Å²) in [5, 5.41) is 14.3. The Morgan fingerprint density at radius 1 is 1.07 bits per heavy atom. The number of aliphatic hydroxyl groups is 1. The summed E-state index contributed by atoms with van der Waals surface area (Å²) < 4.78 is 67.6. The Balaban J connectivity index is 1.96. The summed E-state index contributed by atoms with van der Waals surface area (Å²) in [6.07, 6.45) is -2.01. The number of aliphatic imine (C=N–C) groups is 1. The first-order chi connectivity index (χ1) is 20.3. The smallest absolute Gasteiger partial charge is 0.391 e. The van der Waals surface area contributed by atoms with Gasteiger partial charge in [0.05, 0.1) is 29.2 Å². The highest BCUT2D eigenvalue weighted by Gasteiger charge is 2.47. The van der Waals surface area contributed by atoms with Crippen molar-refractivity contribution in [3.05, 3.63) is 82.4 Å². The normalized spacial score (nSPS) is 18.2. The number of alkyl halides is 3. The summed E-state index contributed by atoms with van der Waals surface area (Å²) >= 11 is 0. The third-order valence-corrected chi connectivity index (χ3v) is 7.42. The number of carbonyl (C=O) groups is 2. The van der Waals surface area contributed by atoms with Gasteiger partial charge in [-0.15, -0.1) is 0 Å². The standard InChI is InChI=1S/C31H37F5N4O3/c1-3-8-40(9-4-2)28(42)22-15-30(29(37)43,19-39-17-22)26(13-21-11-24(32)14-25(33)12-21)27(41)18-38-16-20-6-5-7-23(10-20)31(34,35)36/h5-7,10-12,14-15,17,26-27,38,41H,3-4,8-9,13,16,18-19H2,1-2H3,(H2,37,43)/t26-,27+,30?/m1/s1. The van der Waals surface area contributed by atoms with E-state index in [1.165, 1.54) is 24.4 Å². The lowest BCUT2D eigenvalue weighted by Gasteiger charge is -2.40. The largest absolute Gasteiger partial charge is 0.416 e. The van der Waals surface area contributed by atoms with Gasteiger partial charge in [0, 0.05) is 44.4 Å². The van der Waals surface area contributed by atoms with E-state index in [0.717, 1.165) is 24.3 Å². The zero-order chi connectivity index (χ0) is 31.8. The Morgan fingerprint density at radius 2 is 1.72 bits per heavy atom. The molecule has 12 heteroatoms. The molecule has 0 radical (unpaired) electrons. The molecule has 0 aromatic heterocycles. The summed E-state index contributed by atoms with van der Waals surface area (Å²) in [7, 11) is 0. The van der Waals surface area contributed by atoms with Crippen LogP contribution in [0.1, 0.15) is 43.4 Å². The fourth-order valence-electron chi connectivity index (χ4n) is 5.37. The fraction of sp³-hybridized carbons (Fsp3) is 0.452. The molecule has 1 unspecified atom stereocenters. The quantitative estimate of drug-likeness (QED) is 0.276. The Morgan fingerprint density at radius 3 is 2.30 bits per heavy atom. The minimum atomic E-state index is -4.53. The van der Waals surface area contributed by atoms with Crippen LogP contribution in [0.15, 0.2) is 59.1 Å². The number of rotatable bonds is 14. The number of benzene rings is 2. The molecule has 0 spiro atoms. The van der Waals surface area contributed by atoms with Gasteiger partial charge in [-0.1, -0.05) is 38.1 Å². The molecule has 0 saturated carbocycles. The number of carbonyl (C=O) groups excluding carboxylic acids is 2. The second-order valence-corrected chi connectivity index (χ2v) is 10.8. The molecule has 1 aliphatic heterocycles. The van der Waals surface area contributed by atoms with E-state index in [2.05, 4.69) is 10.3 Å². The van der Waals surface area contributed by atoms with Crippen molar-refractivity contribution < 1.29 is 36.6 Å². The predicted octanol–water partition coefficient (Wildman–Crippen LogP) is 4.42. The number of dihydropyridines is 1. The van der Waals surface area contributed by atoms with Gasteiger partial charge < -0.3 is 21.1 Å². The molecular formula is C31H37F5N4O3. The minimum Gasteiger partial charge on any atom is -0.391 e. The number of nitrogens with two attached hydrogens (primary N) is 1. The van der Waals surface area contributed by atoms with Crippen molar-refractivity contribution in [2.45, 2.75) is 51.9 Å². The second-order valence-electron chi connectivity index (χ2n) is 10.8. The first-order valence-electron chi connectivity index (χ1n) is 14.1. The number of nitrogens with zero attached hydrogens (tertiary/aromatic N) is 2. The SMILES string of the molecule is CCCN(CCC)C(=O)C1=CC(C(N)=O)([C@H](Cc2cc(F)cc(F)c2)[C@@H](O)CNCc2cccc(C(F)(F)F)c2)CN=C1. The van der Waals surface area contributed by atoms with E-state index in [1.54, 1.807) is 4.90 Å². The van der Waals surface area contributed by atoms with Crippen LogP contribution in [0.5, 0.6) is 0 Å². The molecule has 1 aliphatic rings. The van der Waals surface area contributed by atoms with Crippen molar-refractivity contribution in [2.24, 2.45) is 22.1 Å². The van der Waals surface area contributed by atoms with Crippen LogP contribution in [-0.2, 0) is 28.7 Å². The number of primary amides is 1. The summed E-state index contributed by atoms with van der Waals surface area (Å²) in [5.41, 5.74) is 3.92. The molecule has 0 fully saturated rings. The fourth-order valence-corrected chi connectivity index (χ4v) is 5.37. The van der Waals surface area contributed by atoms with E-state index in [-0.39, 0.29) is 43.1 Å². The molecule has 2 amide bonds. The van der Waals surface area contributed by atoms with Gasteiger partial charge >= 0.3 is 6.18 Å². The van der Waals surface area contributed by atoms with Crippen molar-refractivity contribution >= 4 is 18.0 Å². The van der Waals surface area contributed by atoms with Crippen molar-refractivity contribution in [2.75, 3.05) is 26.2 Å². The topological polar surface area (TPSA) is 108 Å². The lowest BCUT2D eigenvalue weighted by Crippen LogP contribution is -2.53. The van der Waals surface area contributed by atoms with Gasteiger partial charge in [0.1, 0.15) is 11.6 Å². The summed E-state index contributed by atoms with van der Waals surface area (Å²) in [5.74, 6) is -4.11. The Kier molecular flexibility index (Phi) is 11.6. The molecule has 43 heavy (non-hydrogen) atoms. The molecule has 4 N–H and O–H groups in total. The van der Waals surface area contributed by atoms with Gasteiger partial charge in [0.25, 0.3) is 5.91 Å². The van der Waals surface area contributed by atoms with E-state index in [9.17, 15) is 36.6 Å². The van der Waals surface area contributed by atoms with Crippen molar-refractivity contribution in [1.29, 1.82) is 0 Å². The maximum absolute atomic E-state index is 14.1. The monoisotopic (exact) mass is 608 g/mol. The van der Waals surface area contributed by atoms with Crippen LogP contribution in [0.2, 0.25) is 0 Å². The zero-order valence-corrected chi connectivity index (χ0v) is 24.1. The van der Waals surface area contributed by atoms with Crippen molar-refractivity contribution in [3.63, 3.8) is 0 Å². The van der Waals surface area contributed by atoms with Gasteiger partial charge in [0.15, 0.2) is 0 Å². The molecule has 0 bridgehead atoms. The summed E-state index contributed by atoms with van der Waals surface area (Å²) in [6, 6.07) is 7.50. The third kappa shape index (κ3) is 8.70. The average molecular weight is 609 g/mol. The number of nitrogens with one attached hydrogen (secondary N) is 1. The summed E-state index contributed by atoms with van der Waals surface area (Å²) in [4.78, 5) is 32.5. The Labute approximate surface area is 247 Å². The van der Waals surface area contributed by atoms with E-state index in [4.69, 9.17) is 5.73 Å². The molecule has 2 aromatic rings. The van der Waals surface area contributed by atoms with Crippen LogP contribution in [0.25, 0.3) is 0 Å². The number of hydrogen-bond donors (Lipinski definition) is 3. The van der Waals surface area contributed by atoms with Crippen LogP contribution in [0, 0.1) is 23.0 Å². The Bertz CT molecular complexity index is 1320. The first kappa shape index (κ1) is 33.9. The number of aliphatic hydroxyl groups excluding tert-OH is 1. The zero-order valence-electron chi connectivity index (χ0n) is 24.1. The van der Waals surface area contributed by atoms with Gasteiger partial charge in [-0.25, -0.2) is 8.78 Å². The van der Waals surface area contributed by atoms with Crippen molar-refractivity contribution in [1.82, 2.24) is 10.2 Å². The lowest BCUT2D eigenvalue weighted by atomic mass is 9.67. The van der Waals surface area contributed by atoms with E-state index in [0.29, 0.717) is 37.6 Å². The summed E-state index contributed by atoms with van der Waals surface area (Å²) in [6.45, 7) is 4.28. The molecule has 0 saturated heterocycles. The Hall–Kier alpha value is -3.64.